The van der Waals surface area contributed by atoms with Gasteiger partial charge in [-0.2, -0.15) is 8.42 Å². The number of amidine groups is 1. The van der Waals surface area contributed by atoms with Gasteiger partial charge >= 0.3 is 0 Å². The lowest BCUT2D eigenvalue weighted by Crippen LogP contribution is -2.35. The number of hydrogen-bond acceptors (Lipinski definition) is 4. The van der Waals surface area contributed by atoms with E-state index >= 15 is 0 Å². The van der Waals surface area contributed by atoms with Gasteiger partial charge in [-0.3, -0.25) is 4.90 Å². The van der Waals surface area contributed by atoms with Crippen LogP contribution in [-0.2, 0) is 16.6 Å². The molecule has 1 N–H and O–H groups in total. The number of sulfonamides is 1. The molecule has 0 bridgehead atoms. The summed E-state index contributed by atoms with van der Waals surface area (Å²) in [5.41, 5.74) is 1.64. The van der Waals surface area contributed by atoms with Crippen molar-refractivity contribution in [3.05, 3.63) is 59.1 Å². The number of para-hydroxylation sites is 1. The highest BCUT2D eigenvalue weighted by atomic mass is 35.5. The third-order valence-corrected chi connectivity index (χ3v) is 5.40. The molecule has 1 heterocycles. The van der Waals surface area contributed by atoms with Gasteiger partial charge in [0.05, 0.1) is 12.2 Å². The Kier molecular flexibility index (Phi) is 4.89. The molecular formula is C17H18ClN3O2S. The van der Waals surface area contributed by atoms with Crippen LogP contribution in [0.15, 0.2) is 57.8 Å². The van der Waals surface area contributed by atoms with Gasteiger partial charge in [-0.25, -0.2) is 0 Å². The molecule has 0 unspecified atom stereocenters. The van der Waals surface area contributed by atoms with E-state index in [1.165, 1.54) is 0 Å². The first-order chi connectivity index (χ1) is 11.5. The first-order valence-corrected chi connectivity index (χ1v) is 9.46. The van der Waals surface area contributed by atoms with Crippen molar-refractivity contribution in [2.24, 2.45) is 4.40 Å². The molecule has 0 saturated heterocycles. The van der Waals surface area contributed by atoms with E-state index < -0.39 is 10.0 Å². The van der Waals surface area contributed by atoms with Gasteiger partial charge in [0.1, 0.15) is 10.7 Å². The summed E-state index contributed by atoms with van der Waals surface area (Å²) in [5, 5.41) is 3.81. The Morgan fingerprint density at radius 1 is 1.12 bits per heavy atom. The van der Waals surface area contributed by atoms with Crippen LogP contribution in [-0.4, -0.2) is 32.2 Å². The van der Waals surface area contributed by atoms with Crippen LogP contribution < -0.4 is 5.32 Å². The number of fused-ring (bicyclic) bond motifs is 1. The number of benzene rings is 2. The summed E-state index contributed by atoms with van der Waals surface area (Å²) < 4.78 is 28.5. The fourth-order valence-electron chi connectivity index (χ4n) is 2.62. The normalized spacial score (nSPS) is 15.5. The molecule has 0 aromatic heterocycles. The van der Waals surface area contributed by atoms with Crippen LogP contribution in [0.5, 0.6) is 0 Å². The Bertz CT molecular complexity index is 881. The van der Waals surface area contributed by atoms with Gasteiger partial charge in [-0.05, 0) is 36.4 Å². The van der Waals surface area contributed by atoms with Crippen molar-refractivity contribution in [1.29, 1.82) is 0 Å². The van der Waals surface area contributed by atoms with Gasteiger partial charge in [0.25, 0.3) is 10.0 Å². The number of anilines is 1. The van der Waals surface area contributed by atoms with Gasteiger partial charge in [-0.1, -0.05) is 42.8 Å². The van der Waals surface area contributed by atoms with Crippen molar-refractivity contribution in [3.8, 4) is 0 Å². The predicted octanol–water partition coefficient (Wildman–Crippen LogP) is 3.37. The highest BCUT2D eigenvalue weighted by Crippen LogP contribution is 2.26. The van der Waals surface area contributed by atoms with Crippen LogP contribution in [0.3, 0.4) is 0 Å². The maximum Gasteiger partial charge on any atom is 0.286 e. The number of hydrogen-bond donors (Lipinski definition) is 1. The summed E-state index contributed by atoms with van der Waals surface area (Å²) in [6.07, 6.45) is 0. The molecule has 0 atom stereocenters. The minimum Gasteiger partial charge on any atom is -0.341 e. The summed E-state index contributed by atoms with van der Waals surface area (Å²) in [6, 6.07) is 14.4. The van der Waals surface area contributed by atoms with Crippen LogP contribution in [0.1, 0.15) is 12.5 Å². The van der Waals surface area contributed by atoms with E-state index in [1.54, 1.807) is 24.3 Å². The minimum atomic E-state index is -3.65. The lowest BCUT2D eigenvalue weighted by atomic mass is 10.2. The Labute approximate surface area is 147 Å². The van der Waals surface area contributed by atoms with Crippen molar-refractivity contribution in [2.45, 2.75) is 18.4 Å². The van der Waals surface area contributed by atoms with E-state index in [2.05, 4.69) is 14.6 Å². The second-order valence-electron chi connectivity index (χ2n) is 5.57. The topological polar surface area (TPSA) is 61.8 Å². The number of nitrogens with zero attached hydrogens (tertiary/aromatic N) is 2. The average molecular weight is 364 g/mol. The van der Waals surface area contributed by atoms with Gasteiger partial charge < -0.3 is 5.32 Å². The molecule has 126 valence electrons. The minimum absolute atomic E-state index is 0.214. The fraction of sp³-hybridized carbons (Fsp3) is 0.235. The molecule has 24 heavy (non-hydrogen) atoms. The summed E-state index contributed by atoms with van der Waals surface area (Å²) >= 11 is 6.02. The van der Waals surface area contributed by atoms with Gasteiger partial charge in [0.2, 0.25) is 0 Å². The Morgan fingerprint density at radius 3 is 2.67 bits per heavy atom. The van der Waals surface area contributed by atoms with Gasteiger partial charge in [-0.15, -0.1) is 4.40 Å². The van der Waals surface area contributed by atoms with Crippen molar-refractivity contribution in [2.75, 3.05) is 18.4 Å². The molecular weight excluding hydrogens is 346 g/mol. The second kappa shape index (κ2) is 6.93. The fourth-order valence-corrected chi connectivity index (χ4v) is 3.97. The molecule has 1 aliphatic heterocycles. The zero-order valence-corrected chi connectivity index (χ0v) is 14.8. The largest absolute Gasteiger partial charge is 0.341 e. The highest BCUT2D eigenvalue weighted by Gasteiger charge is 2.25. The monoisotopic (exact) mass is 363 g/mol. The summed E-state index contributed by atoms with van der Waals surface area (Å²) in [7, 11) is -3.65. The quantitative estimate of drug-likeness (QED) is 0.884. The van der Waals surface area contributed by atoms with Crippen molar-refractivity contribution >= 4 is 33.1 Å². The van der Waals surface area contributed by atoms with E-state index in [0.29, 0.717) is 29.6 Å². The van der Waals surface area contributed by atoms with Crippen LogP contribution in [0.2, 0.25) is 5.02 Å². The molecule has 7 heteroatoms. The Morgan fingerprint density at radius 2 is 1.92 bits per heavy atom. The average Bonchev–Trinajstić information content (AvgIpc) is 2.53. The second-order valence-corrected chi connectivity index (χ2v) is 7.58. The predicted molar refractivity (Wildman–Crippen MR) is 97.1 cm³/mol. The number of halogens is 1. The van der Waals surface area contributed by atoms with Crippen molar-refractivity contribution in [1.82, 2.24) is 4.90 Å². The van der Waals surface area contributed by atoms with Crippen LogP contribution >= 0.6 is 11.6 Å². The van der Waals surface area contributed by atoms with E-state index in [9.17, 15) is 8.42 Å². The van der Waals surface area contributed by atoms with Crippen LogP contribution in [0.25, 0.3) is 0 Å². The zero-order chi connectivity index (χ0) is 17.2. The molecule has 0 spiro atoms. The molecule has 0 aliphatic carbocycles. The molecule has 0 fully saturated rings. The first-order valence-electron chi connectivity index (χ1n) is 7.64. The van der Waals surface area contributed by atoms with E-state index in [1.807, 2.05) is 31.2 Å². The third kappa shape index (κ3) is 3.77. The maximum absolute atomic E-state index is 12.3. The van der Waals surface area contributed by atoms with E-state index in [-0.39, 0.29) is 4.90 Å². The molecule has 0 saturated carbocycles. The van der Waals surface area contributed by atoms with E-state index in [0.717, 1.165) is 12.1 Å². The van der Waals surface area contributed by atoms with Gasteiger partial charge in [0, 0.05) is 11.6 Å². The molecule has 1 aliphatic rings. The number of likely N-dealkylation sites (N-methyl/N-ethyl adjacent to an activating group) is 1. The maximum atomic E-state index is 12.3. The molecule has 3 rings (SSSR count). The smallest absolute Gasteiger partial charge is 0.286 e. The standard InChI is InChI=1S/C17H18ClN3O2S/c1-2-21(11-13-6-5-7-14(18)10-13)12-17-19-15-8-3-4-9-16(15)24(22,23)20-17/h3-10H,2,11-12H2,1H3,(H,19,20). The lowest BCUT2D eigenvalue weighted by molar-refractivity contribution is 0.320. The number of rotatable bonds is 5. The first kappa shape index (κ1) is 17.0. The Hall–Kier alpha value is -1.89. The lowest BCUT2D eigenvalue weighted by Gasteiger charge is -2.24. The van der Waals surface area contributed by atoms with Crippen molar-refractivity contribution in [3.63, 3.8) is 0 Å². The molecule has 2 aromatic rings. The molecule has 0 amide bonds. The zero-order valence-electron chi connectivity index (χ0n) is 13.2. The van der Waals surface area contributed by atoms with E-state index in [4.69, 9.17) is 11.6 Å². The molecule has 5 nitrogen and oxygen atoms in total. The van der Waals surface area contributed by atoms with Crippen LogP contribution in [0.4, 0.5) is 5.69 Å². The SMILES string of the molecule is CCN(CC1=NS(=O)(=O)c2ccccc2N1)Cc1cccc(Cl)c1. The summed E-state index contributed by atoms with van der Waals surface area (Å²) in [6.45, 7) is 3.86. The summed E-state index contributed by atoms with van der Waals surface area (Å²) in [5.74, 6) is 0.428. The number of nitrogens with one attached hydrogen (secondary N) is 1. The highest BCUT2D eigenvalue weighted by molar-refractivity contribution is 7.90. The summed E-state index contributed by atoms with van der Waals surface area (Å²) in [4.78, 5) is 2.31. The van der Waals surface area contributed by atoms with Crippen molar-refractivity contribution < 1.29 is 8.42 Å². The Balaban J connectivity index is 1.78. The van der Waals surface area contributed by atoms with Crippen LogP contribution in [0, 0.1) is 0 Å². The third-order valence-electron chi connectivity index (χ3n) is 3.79. The molecule has 0 radical (unpaired) electrons. The molecule has 2 aromatic carbocycles. The van der Waals surface area contributed by atoms with Gasteiger partial charge in [0.15, 0.2) is 0 Å².